The Balaban J connectivity index is 1.76. The quantitative estimate of drug-likeness (QED) is 0.587. The summed E-state index contributed by atoms with van der Waals surface area (Å²) in [7, 11) is 0. The van der Waals surface area contributed by atoms with Crippen LogP contribution in [-0.2, 0) is 4.74 Å². The summed E-state index contributed by atoms with van der Waals surface area (Å²) in [5.41, 5.74) is 1.05. The molecule has 1 atom stereocenters. The maximum absolute atomic E-state index is 11.1. The molecule has 0 aliphatic carbocycles. The molecule has 2 aliphatic heterocycles. The summed E-state index contributed by atoms with van der Waals surface area (Å²) < 4.78 is 10.9. The van der Waals surface area contributed by atoms with E-state index in [-0.39, 0.29) is 10.6 Å². The standard InChI is InChI=1S/C17H25N3O4/c1-2-24-17-12-14(5-6-16(17)20(21)22)19-7-3-4-15(19)13-18-8-10-23-11-9-18/h5-6,12,15H,2-4,7-11,13H2,1H3/t15-/m0/s1. The molecule has 2 heterocycles. The highest BCUT2D eigenvalue weighted by Crippen LogP contribution is 2.34. The molecule has 0 unspecified atom stereocenters. The van der Waals surface area contributed by atoms with E-state index in [0.717, 1.165) is 57.9 Å². The molecule has 2 fully saturated rings. The summed E-state index contributed by atoms with van der Waals surface area (Å²) >= 11 is 0. The minimum atomic E-state index is -0.385. The lowest BCUT2D eigenvalue weighted by Gasteiger charge is -2.34. The van der Waals surface area contributed by atoms with E-state index < -0.39 is 0 Å². The van der Waals surface area contributed by atoms with Gasteiger partial charge in [0.15, 0.2) is 5.75 Å². The van der Waals surface area contributed by atoms with Crippen molar-refractivity contribution in [3.05, 3.63) is 28.3 Å². The smallest absolute Gasteiger partial charge is 0.311 e. The summed E-state index contributed by atoms with van der Waals surface area (Å²) in [5, 5.41) is 11.1. The Morgan fingerprint density at radius 2 is 2.12 bits per heavy atom. The van der Waals surface area contributed by atoms with Crippen molar-refractivity contribution in [1.82, 2.24) is 4.90 Å². The summed E-state index contributed by atoms with van der Waals surface area (Å²) in [6.07, 6.45) is 2.30. The third-order valence-corrected chi connectivity index (χ3v) is 4.72. The number of hydrogen-bond donors (Lipinski definition) is 0. The van der Waals surface area contributed by atoms with Gasteiger partial charge in [0, 0.05) is 50.0 Å². The van der Waals surface area contributed by atoms with E-state index in [2.05, 4.69) is 9.80 Å². The Bertz CT molecular complexity index is 575. The topological polar surface area (TPSA) is 68.1 Å². The van der Waals surface area contributed by atoms with E-state index >= 15 is 0 Å². The van der Waals surface area contributed by atoms with E-state index in [0.29, 0.717) is 18.4 Å². The first-order chi connectivity index (χ1) is 11.7. The van der Waals surface area contributed by atoms with E-state index in [9.17, 15) is 10.1 Å². The SMILES string of the molecule is CCOc1cc(N2CCC[C@H]2CN2CCOCC2)ccc1[N+](=O)[O-]. The first-order valence-electron chi connectivity index (χ1n) is 8.67. The molecule has 24 heavy (non-hydrogen) atoms. The number of ether oxygens (including phenoxy) is 2. The zero-order valence-corrected chi connectivity index (χ0v) is 14.1. The molecule has 1 aromatic rings. The summed E-state index contributed by atoms with van der Waals surface area (Å²) in [6.45, 7) is 7.83. The largest absolute Gasteiger partial charge is 0.487 e. The van der Waals surface area contributed by atoms with Gasteiger partial charge in [-0.2, -0.15) is 0 Å². The highest BCUT2D eigenvalue weighted by molar-refractivity contribution is 5.60. The van der Waals surface area contributed by atoms with Crippen molar-refractivity contribution in [3.63, 3.8) is 0 Å². The van der Waals surface area contributed by atoms with E-state index in [4.69, 9.17) is 9.47 Å². The zero-order chi connectivity index (χ0) is 16.9. The number of morpholine rings is 1. The number of rotatable bonds is 6. The minimum absolute atomic E-state index is 0.0320. The fraction of sp³-hybridized carbons (Fsp3) is 0.647. The van der Waals surface area contributed by atoms with E-state index in [1.807, 2.05) is 19.1 Å². The zero-order valence-electron chi connectivity index (χ0n) is 14.1. The van der Waals surface area contributed by atoms with E-state index in [1.165, 1.54) is 0 Å². The van der Waals surface area contributed by atoms with Crippen molar-refractivity contribution in [2.24, 2.45) is 0 Å². The minimum Gasteiger partial charge on any atom is -0.487 e. The molecule has 2 aliphatic rings. The van der Waals surface area contributed by atoms with Gasteiger partial charge in [-0.15, -0.1) is 0 Å². The van der Waals surface area contributed by atoms with Gasteiger partial charge in [0.2, 0.25) is 0 Å². The lowest BCUT2D eigenvalue weighted by atomic mass is 10.1. The first-order valence-corrected chi connectivity index (χ1v) is 8.67. The van der Waals surface area contributed by atoms with Gasteiger partial charge >= 0.3 is 5.69 Å². The van der Waals surface area contributed by atoms with Crippen molar-refractivity contribution in [1.29, 1.82) is 0 Å². The molecule has 2 saturated heterocycles. The Morgan fingerprint density at radius 1 is 1.33 bits per heavy atom. The summed E-state index contributed by atoms with van der Waals surface area (Å²) in [6, 6.07) is 5.67. The van der Waals surface area contributed by atoms with Crippen LogP contribution in [-0.4, -0.2) is 61.9 Å². The van der Waals surface area contributed by atoms with Gasteiger partial charge in [-0.05, 0) is 25.8 Å². The third kappa shape index (κ3) is 3.79. The molecule has 132 valence electrons. The van der Waals surface area contributed by atoms with Gasteiger partial charge < -0.3 is 14.4 Å². The lowest BCUT2D eigenvalue weighted by molar-refractivity contribution is -0.385. The Hall–Kier alpha value is -1.86. The average molecular weight is 335 g/mol. The molecule has 7 nitrogen and oxygen atoms in total. The second kappa shape index (κ2) is 7.81. The lowest BCUT2D eigenvalue weighted by Crippen LogP contribution is -2.45. The van der Waals surface area contributed by atoms with Gasteiger partial charge in [-0.1, -0.05) is 0 Å². The molecule has 0 aromatic heterocycles. The maximum atomic E-state index is 11.1. The van der Waals surface area contributed by atoms with Crippen LogP contribution in [0, 0.1) is 10.1 Å². The van der Waals surface area contributed by atoms with Crippen molar-refractivity contribution in [3.8, 4) is 5.75 Å². The maximum Gasteiger partial charge on any atom is 0.311 e. The second-order valence-corrected chi connectivity index (χ2v) is 6.24. The number of benzene rings is 1. The number of nitro groups is 1. The number of nitro benzene ring substituents is 1. The molecule has 1 aromatic carbocycles. The van der Waals surface area contributed by atoms with Crippen molar-refractivity contribution < 1.29 is 14.4 Å². The van der Waals surface area contributed by atoms with Gasteiger partial charge in [0.1, 0.15) is 0 Å². The Morgan fingerprint density at radius 3 is 2.83 bits per heavy atom. The highest BCUT2D eigenvalue weighted by Gasteiger charge is 2.28. The molecular weight excluding hydrogens is 310 g/mol. The molecule has 7 heteroatoms. The Labute approximate surface area is 142 Å². The number of nitrogens with zero attached hydrogens (tertiary/aromatic N) is 3. The van der Waals surface area contributed by atoms with Crippen molar-refractivity contribution in [2.75, 3.05) is 50.9 Å². The van der Waals surface area contributed by atoms with Gasteiger partial charge in [-0.3, -0.25) is 15.0 Å². The van der Waals surface area contributed by atoms with Crippen LogP contribution in [0.1, 0.15) is 19.8 Å². The predicted molar refractivity (Wildman–Crippen MR) is 91.9 cm³/mol. The number of anilines is 1. The predicted octanol–water partition coefficient (Wildman–Crippen LogP) is 2.29. The summed E-state index contributed by atoms with van der Waals surface area (Å²) in [5.74, 6) is 0.358. The van der Waals surface area contributed by atoms with Crippen LogP contribution in [0.4, 0.5) is 11.4 Å². The molecule has 0 bridgehead atoms. The first kappa shape index (κ1) is 17.0. The molecule has 0 saturated carbocycles. The van der Waals surface area contributed by atoms with Crippen molar-refractivity contribution in [2.45, 2.75) is 25.8 Å². The van der Waals surface area contributed by atoms with Gasteiger partial charge in [-0.25, -0.2) is 0 Å². The molecular formula is C17H25N3O4. The van der Waals surface area contributed by atoms with Crippen molar-refractivity contribution >= 4 is 11.4 Å². The normalized spacial score (nSPS) is 21.9. The van der Waals surface area contributed by atoms with Gasteiger partial charge in [0.25, 0.3) is 0 Å². The number of hydrogen-bond acceptors (Lipinski definition) is 6. The molecule has 0 N–H and O–H groups in total. The van der Waals surface area contributed by atoms with Crippen LogP contribution >= 0.6 is 0 Å². The van der Waals surface area contributed by atoms with E-state index in [1.54, 1.807) is 6.07 Å². The Kier molecular flexibility index (Phi) is 5.52. The summed E-state index contributed by atoms with van der Waals surface area (Å²) in [4.78, 5) is 15.6. The van der Waals surface area contributed by atoms with Crippen LogP contribution in [0.3, 0.4) is 0 Å². The average Bonchev–Trinajstić information content (AvgIpc) is 3.04. The monoisotopic (exact) mass is 335 g/mol. The van der Waals surface area contributed by atoms with Crippen LogP contribution in [0.2, 0.25) is 0 Å². The molecule has 0 spiro atoms. The van der Waals surface area contributed by atoms with Crippen LogP contribution in [0.25, 0.3) is 0 Å². The third-order valence-electron chi connectivity index (χ3n) is 4.72. The van der Waals surface area contributed by atoms with Gasteiger partial charge in [0.05, 0.1) is 24.7 Å². The van der Waals surface area contributed by atoms with Crippen LogP contribution in [0.15, 0.2) is 18.2 Å². The molecule has 0 radical (unpaired) electrons. The fourth-order valence-corrected chi connectivity index (χ4v) is 3.55. The molecule has 3 rings (SSSR count). The van der Waals surface area contributed by atoms with Crippen LogP contribution < -0.4 is 9.64 Å². The fourth-order valence-electron chi connectivity index (χ4n) is 3.55. The second-order valence-electron chi connectivity index (χ2n) is 6.24. The van der Waals surface area contributed by atoms with Crippen LogP contribution in [0.5, 0.6) is 5.75 Å². The molecule has 0 amide bonds. The highest BCUT2D eigenvalue weighted by atomic mass is 16.6.